The Morgan fingerprint density at radius 2 is 0.960 bits per heavy atom. The Bertz CT molecular complexity index is 2800. The van der Waals surface area contributed by atoms with Gasteiger partial charge in [-0.15, -0.1) is 0 Å². The number of aromatic nitrogens is 4. The van der Waals surface area contributed by atoms with Crippen LogP contribution < -0.4 is 0 Å². The third-order valence-corrected chi connectivity index (χ3v) is 9.47. The second kappa shape index (κ2) is 11.4. The molecule has 3 aromatic heterocycles. The average Bonchev–Trinajstić information content (AvgIpc) is 3.74. The van der Waals surface area contributed by atoms with Crippen molar-refractivity contribution >= 4 is 43.7 Å². The summed E-state index contributed by atoms with van der Waals surface area (Å²) in [5.74, 6) is 1.85. The zero-order valence-corrected chi connectivity index (χ0v) is 26.9. The van der Waals surface area contributed by atoms with E-state index in [4.69, 9.17) is 19.4 Å². The van der Waals surface area contributed by atoms with Crippen LogP contribution >= 0.6 is 0 Å². The van der Waals surface area contributed by atoms with Crippen molar-refractivity contribution in [1.82, 2.24) is 19.5 Å². The summed E-state index contributed by atoms with van der Waals surface area (Å²) in [4.78, 5) is 15.1. The van der Waals surface area contributed by atoms with Crippen LogP contribution in [-0.4, -0.2) is 19.5 Å². The molecule has 10 rings (SSSR count). The van der Waals surface area contributed by atoms with Crippen molar-refractivity contribution < 1.29 is 4.42 Å². The largest absolute Gasteiger partial charge is 0.455 e. The standard InChI is InChI=1S/C45H28N4O/c1-4-14-29(15-5-1)43-46-44(30-16-6-2-7-17-30)48-45(47-43)37-27-26-33(42-41(37)36-21-11-13-23-40(36)50-42)31-24-25-35-34-20-10-12-22-38(34)49(39(35)28-31)32-18-8-3-9-19-32/h1-28H. The fourth-order valence-corrected chi connectivity index (χ4v) is 7.16. The Balaban J connectivity index is 1.23. The highest BCUT2D eigenvalue weighted by molar-refractivity contribution is 6.17. The zero-order chi connectivity index (χ0) is 33.0. The van der Waals surface area contributed by atoms with Crippen LogP contribution in [0, 0.1) is 0 Å². The Morgan fingerprint density at radius 1 is 0.400 bits per heavy atom. The Labute approximate surface area is 287 Å². The van der Waals surface area contributed by atoms with Crippen LogP contribution in [-0.2, 0) is 0 Å². The van der Waals surface area contributed by atoms with Gasteiger partial charge in [-0.25, -0.2) is 15.0 Å². The van der Waals surface area contributed by atoms with Crippen molar-refractivity contribution in [3.8, 4) is 51.0 Å². The van der Waals surface area contributed by atoms with Gasteiger partial charge in [-0.05, 0) is 48.0 Å². The van der Waals surface area contributed by atoms with Gasteiger partial charge in [0.15, 0.2) is 17.5 Å². The third-order valence-electron chi connectivity index (χ3n) is 9.47. The van der Waals surface area contributed by atoms with Gasteiger partial charge in [0.1, 0.15) is 11.2 Å². The van der Waals surface area contributed by atoms with Crippen LogP contribution in [0.2, 0.25) is 0 Å². The first-order chi connectivity index (χ1) is 24.8. The zero-order valence-electron chi connectivity index (χ0n) is 26.9. The SMILES string of the molecule is c1ccc(-c2nc(-c3ccccc3)nc(-c3ccc(-c4ccc5c6ccccc6n(-c6ccccc6)c5c4)c4oc5ccccc5c34)n2)cc1. The van der Waals surface area contributed by atoms with Gasteiger partial charge < -0.3 is 8.98 Å². The molecule has 0 aliphatic heterocycles. The van der Waals surface area contributed by atoms with Crippen molar-refractivity contribution in [2.45, 2.75) is 0 Å². The molecule has 0 amide bonds. The highest BCUT2D eigenvalue weighted by atomic mass is 16.3. The molecule has 10 aromatic rings. The molecule has 0 N–H and O–H groups in total. The van der Waals surface area contributed by atoms with Crippen LogP contribution in [0.15, 0.2) is 174 Å². The summed E-state index contributed by atoms with van der Waals surface area (Å²) in [6.45, 7) is 0. The molecule has 50 heavy (non-hydrogen) atoms. The van der Waals surface area contributed by atoms with Crippen molar-refractivity contribution in [3.63, 3.8) is 0 Å². The molecule has 234 valence electrons. The molecule has 0 aliphatic rings. The number of nitrogens with zero attached hydrogens (tertiary/aromatic N) is 4. The lowest BCUT2D eigenvalue weighted by atomic mass is 9.97. The van der Waals surface area contributed by atoms with E-state index >= 15 is 0 Å². The topological polar surface area (TPSA) is 56.7 Å². The monoisotopic (exact) mass is 640 g/mol. The quantitative estimate of drug-likeness (QED) is 0.188. The number of hydrogen-bond donors (Lipinski definition) is 0. The maximum atomic E-state index is 6.74. The minimum absolute atomic E-state index is 0.598. The van der Waals surface area contributed by atoms with Crippen molar-refractivity contribution in [2.75, 3.05) is 0 Å². The molecular weight excluding hydrogens is 613 g/mol. The molecule has 0 saturated heterocycles. The number of hydrogen-bond acceptors (Lipinski definition) is 4. The van der Waals surface area contributed by atoms with Crippen molar-refractivity contribution in [1.29, 1.82) is 0 Å². The molecular formula is C45H28N4O. The van der Waals surface area contributed by atoms with Crippen LogP contribution in [0.5, 0.6) is 0 Å². The number of rotatable bonds is 5. The van der Waals surface area contributed by atoms with E-state index in [-0.39, 0.29) is 0 Å². The average molecular weight is 641 g/mol. The van der Waals surface area contributed by atoms with Gasteiger partial charge in [0.2, 0.25) is 0 Å². The minimum Gasteiger partial charge on any atom is -0.455 e. The minimum atomic E-state index is 0.598. The molecule has 0 unspecified atom stereocenters. The van der Waals surface area contributed by atoms with Gasteiger partial charge in [0.05, 0.1) is 11.0 Å². The van der Waals surface area contributed by atoms with Gasteiger partial charge in [-0.3, -0.25) is 0 Å². The fraction of sp³-hybridized carbons (Fsp3) is 0. The third kappa shape index (κ3) is 4.52. The van der Waals surface area contributed by atoms with E-state index in [0.717, 1.165) is 61.0 Å². The first-order valence-electron chi connectivity index (χ1n) is 16.7. The first-order valence-corrected chi connectivity index (χ1v) is 16.7. The van der Waals surface area contributed by atoms with Crippen molar-refractivity contribution in [2.24, 2.45) is 0 Å². The van der Waals surface area contributed by atoms with Gasteiger partial charge >= 0.3 is 0 Å². The van der Waals surface area contributed by atoms with Gasteiger partial charge in [0, 0.05) is 49.5 Å². The molecule has 0 atom stereocenters. The molecule has 0 spiro atoms. The summed E-state index contributed by atoms with van der Waals surface area (Å²) < 4.78 is 9.08. The molecule has 0 bridgehead atoms. The van der Waals surface area contributed by atoms with Crippen LogP contribution in [0.25, 0.3) is 94.7 Å². The first kappa shape index (κ1) is 28.2. The predicted octanol–water partition coefficient (Wildman–Crippen LogP) is 11.5. The maximum absolute atomic E-state index is 6.74. The Morgan fingerprint density at radius 3 is 1.68 bits per heavy atom. The maximum Gasteiger partial charge on any atom is 0.164 e. The highest BCUT2D eigenvalue weighted by Gasteiger charge is 2.21. The fourth-order valence-electron chi connectivity index (χ4n) is 7.16. The molecule has 3 heterocycles. The Hall–Kier alpha value is -6.85. The summed E-state index contributed by atoms with van der Waals surface area (Å²) in [5, 5.41) is 4.42. The molecule has 5 heteroatoms. The van der Waals surface area contributed by atoms with E-state index in [2.05, 4.69) is 102 Å². The lowest BCUT2D eigenvalue weighted by molar-refractivity contribution is 0.670. The number of fused-ring (bicyclic) bond motifs is 6. The van der Waals surface area contributed by atoms with E-state index in [9.17, 15) is 0 Å². The number of furan rings is 1. The highest BCUT2D eigenvalue weighted by Crippen LogP contribution is 2.43. The van der Waals surface area contributed by atoms with Crippen LogP contribution in [0.1, 0.15) is 0 Å². The van der Waals surface area contributed by atoms with E-state index in [1.807, 2.05) is 72.8 Å². The van der Waals surface area contributed by atoms with E-state index < -0.39 is 0 Å². The Kier molecular flexibility index (Phi) is 6.42. The number of para-hydroxylation sites is 3. The lowest BCUT2D eigenvalue weighted by Crippen LogP contribution is -2.00. The van der Waals surface area contributed by atoms with E-state index in [0.29, 0.717) is 17.5 Å². The van der Waals surface area contributed by atoms with Crippen LogP contribution in [0.4, 0.5) is 0 Å². The molecule has 5 nitrogen and oxygen atoms in total. The van der Waals surface area contributed by atoms with E-state index in [1.165, 1.54) is 16.3 Å². The summed E-state index contributed by atoms with van der Waals surface area (Å²) in [7, 11) is 0. The van der Waals surface area contributed by atoms with Crippen LogP contribution in [0.3, 0.4) is 0 Å². The summed E-state index contributed by atoms with van der Waals surface area (Å²) in [5.41, 5.74) is 9.88. The predicted molar refractivity (Wildman–Crippen MR) is 203 cm³/mol. The second-order valence-electron chi connectivity index (χ2n) is 12.4. The summed E-state index contributed by atoms with van der Waals surface area (Å²) >= 11 is 0. The lowest BCUT2D eigenvalue weighted by Gasteiger charge is -2.11. The van der Waals surface area contributed by atoms with Crippen molar-refractivity contribution in [3.05, 3.63) is 170 Å². The molecule has 0 fully saturated rings. The van der Waals surface area contributed by atoms with Gasteiger partial charge in [-0.2, -0.15) is 0 Å². The molecule has 0 aliphatic carbocycles. The molecule has 0 radical (unpaired) electrons. The van der Waals surface area contributed by atoms with E-state index in [1.54, 1.807) is 0 Å². The number of benzene rings is 7. The second-order valence-corrected chi connectivity index (χ2v) is 12.4. The smallest absolute Gasteiger partial charge is 0.164 e. The summed E-state index contributed by atoms with van der Waals surface area (Å²) in [6.07, 6.45) is 0. The van der Waals surface area contributed by atoms with Gasteiger partial charge in [0.25, 0.3) is 0 Å². The van der Waals surface area contributed by atoms with Gasteiger partial charge in [-0.1, -0.05) is 127 Å². The normalized spacial score (nSPS) is 11.6. The summed E-state index contributed by atoms with van der Waals surface area (Å²) in [6, 6.07) is 58.5. The molecule has 0 saturated carbocycles. The molecule has 7 aromatic carbocycles.